The van der Waals surface area contributed by atoms with Gasteiger partial charge in [-0.15, -0.1) is 0 Å². The summed E-state index contributed by atoms with van der Waals surface area (Å²) in [5.74, 6) is 0.236. The number of carboxylic acids is 1. The van der Waals surface area contributed by atoms with Crippen LogP contribution in [-0.4, -0.2) is 156 Å². The first-order chi connectivity index (χ1) is 18.5. The number of ether oxygens (including phenoxy) is 3. The molecule has 4 saturated heterocycles. The van der Waals surface area contributed by atoms with Crippen molar-refractivity contribution in [3.8, 4) is 0 Å². The molecular formula is C22H38N2O14S. The highest BCUT2D eigenvalue weighted by Gasteiger charge is 2.50. The Labute approximate surface area is 227 Å². The van der Waals surface area contributed by atoms with E-state index in [0.29, 0.717) is 5.25 Å². The van der Waals surface area contributed by atoms with Gasteiger partial charge >= 0.3 is 12.0 Å². The second-order valence-electron chi connectivity index (χ2n) is 9.79. The van der Waals surface area contributed by atoms with E-state index in [-0.39, 0.29) is 24.5 Å². The number of unbranched alkanes of at least 4 members (excludes halogenated alkanes) is 1. The number of aliphatic hydroxyl groups excluding tert-OH is 8. The SMILES string of the molecule is O=C(O)CCCC[C@@H]1SC[C@@H]2NC(=O)N[C@@H]21.OC[C@H]1O[C@@H](O[C@H]2[C@H](O)[C@@H](O)C(O)O[C@@H]2CO)[C@H](O)[C@@H](O)[C@H]1O. The molecule has 16 nitrogen and oxygen atoms in total. The van der Waals surface area contributed by atoms with Crippen molar-refractivity contribution in [2.45, 2.75) is 104 Å². The maximum atomic E-state index is 11.1. The lowest BCUT2D eigenvalue weighted by Crippen LogP contribution is -2.64. The second kappa shape index (κ2) is 14.5. The first kappa shape index (κ1) is 32.2. The van der Waals surface area contributed by atoms with E-state index in [1.165, 1.54) is 0 Å². The predicted octanol–water partition coefficient (Wildman–Crippen LogP) is -4.60. The normalized spacial score (nSPS) is 43.6. The van der Waals surface area contributed by atoms with E-state index in [9.17, 15) is 45.3 Å². The molecular weight excluding hydrogens is 548 g/mol. The number of carbonyl (C=O) groups excluding carboxylic acids is 1. The maximum absolute atomic E-state index is 11.1. The fourth-order valence-electron chi connectivity index (χ4n) is 4.83. The van der Waals surface area contributed by atoms with Gasteiger partial charge in [0.25, 0.3) is 0 Å². The van der Waals surface area contributed by atoms with Crippen LogP contribution in [0.2, 0.25) is 0 Å². The smallest absolute Gasteiger partial charge is 0.315 e. The lowest BCUT2D eigenvalue weighted by molar-refractivity contribution is -0.355. The Kier molecular flexibility index (Phi) is 12.0. The van der Waals surface area contributed by atoms with Gasteiger partial charge in [-0.3, -0.25) is 4.79 Å². The molecule has 4 heterocycles. The van der Waals surface area contributed by atoms with Crippen molar-refractivity contribution in [2.24, 2.45) is 0 Å². The van der Waals surface area contributed by atoms with Crippen LogP contribution in [0.4, 0.5) is 4.79 Å². The van der Waals surface area contributed by atoms with Crippen molar-refractivity contribution < 1.29 is 69.8 Å². The van der Waals surface area contributed by atoms with Crippen LogP contribution in [0, 0.1) is 0 Å². The summed E-state index contributed by atoms with van der Waals surface area (Å²) < 4.78 is 15.3. The van der Waals surface area contributed by atoms with Crippen molar-refractivity contribution in [2.75, 3.05) is 19.0 Å². The van der Waals surface area contributed by atoms with E-state index in [1.54, 1.807) is 0 Å². The van der Waals surface area contributed by atoms with Crippen LogP contribution in [0.25, 0.3) is 0 Å². The number of hydrogen-bond acceptors (Lipinski definition) is 14. The zero-order valence-electron chi connectivity index (χ0n) is 20.9. The molecule has 39 heavy (non-hydrogen) atoms. The minimum absolute atomic E-state index is 0.0640. The molecule has 0 saturated carbocycles. The van der Waals surface area contributed by atoms with Crippen LogP contribution < -0.4 is 10.6 Å². The Hall–Kier alpha value is -1.35. The summed E-state index contributed by atoms with van der Waals surface area (Å²) in [7, 11) is 0. The van der Waals surface area contributed by atoms with Gasteiger partial charge < -0.3 is 70.8 Å². The van der Waals surface area contributed by atoms with Gasteiger partial charge in [0, 0.05) is 17.4 Å². The highest BCUT2D eigenvalue weighted by atomic mass is 32.2. The number of urea groups is 1. The van der Waals surface area contributed by atoms with Gasteiger partial charge in [0.15, 0.2) is 12.6 Å². The number of hydrogen-bond donors (Lipinski definition) is 11. The van der Waals surface area contributed by atoms with Crippen molar-refractivity contribution in [1.29, 1.82) is 0 Å². The van der Waals surface area contributed by atoms with Crippen LogP contribution in [0.5, 0.6) is 0 Å². The largest absolute Gasteiger partial charge is 0.481 e. The number of aliphatic hydroxyl groups is 8. The third-order valence-corrected chi connectivity index (χ3v) is 8.56. The van der Waals surface area contributed by atoms with Gasteiger partial charge in [0.05, 0.1) is 25.3 Å². The van der Waals surface area contributed by atoms with Crippen LogP contribution >= 0.6 is 11.8 Å². The average Bonchev–Trinajstić information content (AvgIpc) is 3.46. The van der Waals surface area contributed by atoms with E-state index in [2.05, 4.69) is 10.6 Å². The summed E-state index contributed by atoms with van der Waals surface area (Å²) in [6, 6.07) is 0.440. The quantitative estimate of drug-likeness (QED) is 0.0896. The van der Waals surface area contributed by atoms with E-state index in [4.69, 9.17) is 24.4 Å². The minimum atomic E-state index is -1.74. The van der Waals surface area contributed by atoms with Gasteiger partial charge in [-0.25, -0.2) is 4.79 Å². The predicted molar refractivity (Wildman–Crippen MR) is 130 cm³/mol. The lowest BCUT2D eigenvalue weighted by Gasteiger charge is -2.45. The van der Waals surface area contributed by atoms with Crippen LogP contribution in [-0.2, 0) is 19.0 Å². The van der Waals surface area contributed by atoms with E-state index in [1.807, 2.05) is 11.8 Å². The summed E-state index contributed by atoms with van der Waals surface area (Å²) in [6.07, 6.45) is -12.7. The summed E-state index contributed by atoms with van der Waals surface area (Å²) in [5.41, 5.74) is 0. The lowest BCUT2D eigenvalue weighted by atomic mass is 9.97. The van der Waals surface area contributed by atoms with Crippen LogP contribution in [0.15, 0.2) is 0 Å². The second-order valence-corrected chi connectivity index (χ2v) is 11.1. The number of rotatable bonds is 9. The van der Waals surface area contributed by atoms with E-state index < -0.39 is 80.6 Å². The molecule has 0 radical (unpaired) electrons. The molecule has 226 valence electrons. The molecule has 4 aliphatic heterocycles. The minimum Gasteiger partial charge on any atom is -0.481 e. The number of aliphatic carboxylic acids is 1. The molecule has 17 heteroatoms. The van der Waals surface area contributed by atoms with Gasteiger partial charge in [-0.1, -0.05) is 6.42 Å². The molecule has 11 N–H and O–H groups in total. The first-order valence-electron chi connectivity index (χ1n) is 12.6. The van der Waals surface area contributed by atoms with E-state index >= 15 is 0 Å². The summed E-state index contributed by atoms with van der Waals surface area (Å²) >= 11 is 1.87. The molecule has 1 unspecified atom stereocenters. The Balaban J connectivity index is 0.000000230. The average molecular weight is 587 g/mol. The van der Waals surface area contributed by atoms with Crippen molar-refractivity contribution in [1.82, 2.24) is 10.6 Å². The molecule has 4 rings (SSSR count). The Morgan fingerprint density at radius 1 is 0.897 bits per heavy atom. The zero-order chi connectivity index (χ0) is 28.9. The Morgan fingerprint density at radius 3 is 2.23 bits per heavy atom. The number of amides is 2. The molecule has 0 aromatic carbocycles. The number of thioether (sulfide) groups is 1. The van der Waals surface area contributed by atoms with Gasteiger partial charge in [0.2, 0.25) is 0 Å². The molecule has 0 aromatic heterocycles. The van der Waals surface area contributed by atoms with Gasteiger partial charge in [-0.05, 0) is 12.8 Å². The molecule has 13 atom stereocenters. The van der Waals surface area contributed by atoms with Crippen molar-refractivity contribution in [3.63, 3.8) is 0 Å². The van der Waals surface area contributed by atoms with Gasteiger partial charge in [0.1, 0.15) is 48.8 Å². The molecule has 0 aliphatic carbocycles. The highest BCUT2D eigenvalue weighted by Crippen LogP contribution is 2.33. The maximum Gasteiger partial charge on any atom is 0.315 e. The Morgan fingerprint density at radius 2 is 1.59 bits per heavy atom. The van der Waals surface area contributed by atoms with Crippen molar-refractivity contribution in [3.05, 3.63) is 0 Å². The summed E-state index contributed by atoms with van der Waals surface area (Å²) in [5, 5.41) is 91.3. The Bertz CT molecular complexity index is 809. The fourth-order valence-corrected chi connectivity index (χ4v) is 6.38. The number of carbonyl (C=O) groups is 2. The van der Waals surface area contributed by atoms with Gasteiger partial charge in [-0.2, -0.15) is 11.8 Å². The topological polar surface area (TPSA) is 268 Å². The molecule has 0 aromatic rings. The number of fused-ring (bicyclic) bond motifs is 1. The summed E-state index contributed by atoms with van der Waals surface area (Å²) in [4.78, 5) is 21.5. The third-order valence-electron chi connectivity index (χ3n) is 7.05. The molecule has 0 bridgehead atoms. The first-order valence-corrected chi connectivity index (χ1v) is 13.7. The fraction of sp³-hybridized carbons (Fsp3) is 0.909. The third kappa shape index (κ3) is 7.90. The number of nitrogens with one attached hydrogen (secondary N) is 2. The highest BCUT2D eigenvalue weighted by molar-refractivity contribution is 8.00. The van der Waals surface area contributed by atoms with E-state index in [0.717, 1.165) is 25.0 Å². The standard InChI is InChI=1S/C12H22O11.C10H16N2O3S/c13-1-3-5(15)6(16)9(19)12(22-3)23-10-4(2-14)21-11(20)8(18)7(10)17;13-8(14)4-2-1-3-7-9-6(5-16-7)11-10(15)12-9/h3-20H,1-2H2;6-7,9H,1-5H2,(H,13,14)(H2,11,12,15)/t3-,4-,5+,6+,7-,8-,9-,10-,11?,12+;6-,7-,9-/m10/s1. The monoisotopic (exact) mass is 586 g/mol. The zero-order valence-corrected chi connectivity index (χ0v) is 21.7. The van der Waals surface area contributed by atoms with Crippen LogP contribution in [0.3, 0.4) is 0 Å². The number of carboxylic acid groups (broad SMARTS) is 1. The molecule has 2 amide bonds. The molecule has 4 aliphatic rings. The van der Waals surface area contributed by atoms with Crippen LogP contribution in [0.1, 0.15) is 25.7 Å². The summed E-state index contributed by atoms with van der Waals surface area (Å²) in [6.45, 7) is -1.35. The molecule has 4 fully saturated rings. The van der Waals surface area contributed by atoms with Crippen molar-refractivity contribution >= 4 is 23.8 Å². The molecule has 0 spiro atoms.